The second-order valence-electron chi connectivity index (χ2n) is 5.76. The molecule has 1 N–H and O–H groups in total. The Morgan fingerprint density at radius 2 is 2.04 bits per heavy atom. The Bertz CT molecular complexity index is 1030. The van der Waals surface area contributed by atoms with Crippen LogP contribution in [0.15, 0.2) is 58.4 Å². The first kappa shape index (κ1) is 19.3. The largest absolute Gasteiger partial charge is 0.478 e. The lowest BCUT2D eigenvalue weighted by Gasteiger charge is -2.12. The average molecular weight is 397 g/mol. The van der Waals surface area contributed by atoms with Crippen LogP contribution in [0.25, 0.3) is 6.08 Å². The molecule has 1 amide bonds. The number of amidine groups is 1. The van der Waals surface area contributed by atoms with Crippen LogP contribution in [0, 0.1) is 10.1 Å². The molecule has 0 atom stereocenters. The lowest BCUT2D eigenvalue weighted by Crippen LogP contribution is -2.28. The molecule has 2 aromatic rings. The van der Waals surface area contributed by atoms with Crippen molar-refractivity contribution in [3.63, 3.8) is 0 Å². The minimum Gasteiger partial charge on any atom is -0.478 e. The van der Waals surface area contributed by atoms with Gasteiger partial charge in [0.15, 0.2) is 5.17 Å². The van der Waals surface area contributed by atoms with Crippen molar-refractivity contribution < 1.29 is 19.6 Å². The van der Waals surface area contributed by atoms with Crippen molar-refractivity contribution >= 4 is 46.3 Å². The molecule has 0 aromatic heterocycles. The van der Waals surface area contributed by atoms with Crippen LogP contribution in [0.1, 0.15) is 22.8 Å². The highest BCUT2D eigenvalue weighted by molar-refractivity contribution is 8.18. The Labute approximate surface area is 164 Å². The maximum absolute atomic E-state index is 12.7. The molecule has 0 aliphatic carbocycles. The first-order chi connectivity index (χ1) is 13.4. The summed E-state index contributed by atoms with van der Waals surface area (Å²) in [4.78, 5) is 40.5. The van der Waals surface area contributed by atoms with Gasteiger partial charge in [0.1, 0.15) is 0 Å². The molecule has 8 nitrogen and oxygen atoms in total. The fraction of sp³-hybridized carbons (Fsp3) is 0.105. The first-order valence-corrected chi connectivity index (χ1v) is 9.08. The zero-order chi connectivity index (χ0) is 20.3. The summed E-state index contributed by atoms with van der Waals surface area (Å²) in [6, 6.07) is 12.1. The fourth-order valence-electron chi connectivity index (χ4n) is 2.57. The molecule has 0 radical (unpaired) electrons. The lowest BCUT2D eigenvalue weighted by molar-refractivity contribution is -0.384. The van der Waals surface area contributed by atoms with E-state index in [1.54, 1.807) is 37.3 Å². The van der Waals surface area contributed by atoms with Gasteiger partial charge in [0.05, 0.1) is 21.1 Å². The second-order valence-corrected chi connectivity index (χ2v) is 6.77. The number of carbonyl (C=O) groups is 2. The number of carboxylic acids is 1. The number of benzene rings is 2. The number of amides is 1. The van der Waals surface area contributed by atoms with Gasteiger partial charge in [0.25, 0.3) is 11.6 Å². The fourth-order valence-corrected chi connectivity index (χ4v) is 3.63. The van der Waals surface area contributed by atoms with Crippen molar-refractivity contribution in [3.05, 3.63) is 74.7 Å². The van der Waals surface area contributed by atoms with Gasteiger partial charge in [0, 0.05) is 18.7 Å². The molecule has 1 fully saturated rings. The molecule has 0 unspecified atom stereocenters. The van der Waals surface area contributed by atoms with E-state index in [9.17, 15) is 19.7 Å². The third-order valence-corrected chi connectivity index (χ3v) is 4.91. The summed E-state index contributed by atoms with van der Waals surface area (Å²) in [7, 11) is 0. The molecule has 3 rings (SSSR count). The van der Waals surface area contributed by atoms with E-state index in [2.05, 4.69) is 4.99 Å². The van der Waals surface area contributed by atoms with Crippen LogP contribution < -0.4 is 0 Å². The standard InChI is InChI=1S/C19H15N3O5S/c1-2-21-17(23)16(10-12-5-3-8-15(9-12)22(26)27)28-19(21)20-14-7-4-6-13(11-14)18(24)25/h3-11H,2H2,1H3,(H,24,25)/b16-10+,20-19?. The Morgan fingerprint density at radius 1 is 1.29 bits per heavy atom. The predicted octanol–water partition coefficient (Wildman–Crippen LogP) is 3.92. The summed E-state index contributed by atoms with van der Waals surface area (Å²) in [5.41, 5.74) is 1.00. The van der Waals surface area contributed by atoms with Crippen LogP contribution in [0.3, 0.4) is 0 Å². The number of aromatic carboxylic acids is 1. The van der Waals surface area contributed by atoms with Gasteiger partial charge < -0.3 is 5.11 Å². The van der Waals surface area contributed by atoms with Crippen LogP contribution in [-0.2, 0) is 4.79 Å². The molecule has 28 heavy (non-hydrogen) atoms. The van der Waals surface area contributed by atoms with E-state index in [1.807, 2.05) is 0 Å². The molecule has 9 heteroatoms. The van der Waals surface area contributed by atoms with Crippen LogP contribution in [0.2, 0.25) is 0 Å². The maximum Gasteiger partial charge on any atom is 0.335 e. The molecule has 142 valence electrons. The van der Waals surface area contributed by atoms with Crippen LogP contribution in [-0.4, -0.2) is 38.5 Å². The number of likely N-dealkylation sites (N-methyl/N-ethyl adjacent to an activating group) is 1. The van der Waals surface area contributed by atoms with Gasteiger partial charge in [-0.25, -0.2) is 9.79 Å². The number of carbonyl (C=O) groups excluding carboxylic acids is 1. The minimum absolute atomic E-state index is 0.0588. The number of hydrogen-bond acceptors (Lipinski definition) is 6. The number of carboxylic acid groups (broad SMARTS) is 1. The zero-order valence-electron chi connectivity index (χ0n) is 14.7. The van der Waals surface area contributed by atoms with Gasteiger partial charge in [-0.3, -0.25) is 19.8 Å². The van der Waals surface area contributed by atoms with Crippen LogP contribution >= 0.6 is 11.8 Å². The van der Waals surface area contributed by atoms with E-state index in [4.69, 9.17) is 5.11 Å². The molecule has 1 aliphatic rings. The van der Waals surface area contributed by atoms with Crippen LogP contribution in [0.4, 0.5) is 11.4 Å². The number of nitrogens with zero attached hydrogens (tertiary/aromatic N) is 3. The van der Waals surface area contributed by atoms with Gasteiger partial charge >= 0.3 is 5.97 Å². The maximum atomic E-state index is 12.7. The van der Waals surface area contributed by atoms with Crippen molar-refractivity contribution in [2.45, 2.75) is 6.92 Å². The molecule has 0 saturated carbocycles. The van der Waals surface area contributed by atoms with E-state index < -0.39 is 10.9 Å². The molecule has 1 saturated heterocycles. The Balaban J connectivity index is 1.94. The van der Waals surface area contributed by atoms with Crippen molar-refractivity contribution in [2.24, 2.45) is 4.99 Å². The summed E-state index contributed by atoms with van der Waals surface area (Å²) < 4.78 is 0. The van der Waals surface area contributed by atoms with Crippen LogP contribution in [0.5, 0.6) is 0 Å². The van der Waals surface area contributed by atoms with Gasteiger partial charge in [-0.1, -0.05) is 18.2 Å². The van der Waals surface area contributed by atoms with E-state index in [-0.39, 0.29) is 17.2 Å². The Kier molecular flexibility index (Phi) is 5.55. The summed E-state index contributed by atoms with van der Waals surface area (Å²) in [5.74, 6) is -1.32. The SMILES string of the molecule is CCN1C(=O)/C(=C\c2cccc([N+](=O)[O-])c2)SC1=Nc1cccc(C(=O)O)c1. The van der Waals surface area contributed by atoms with E-state index >= 15 is 0 Å². The summed E-state index contributed by atoms with van der Waals surface area (Å²) >= 11 is 1.14. The normalized spacial score (nSPS) is 16.8. The number of nitro groups is 1. The quantitative estimate of drug-likeness (QED) is 0.465. The number of aliphatic imine (C=N–C) groups is 1. The molecule has 1 aliphatic heterocycles. The van der Waals surface area contributed by atoms with E-state index in [1.165, 1.54) is 29.2 Å². The zero-order valence-corrected chi connectivity index (χ0v) is 15.5. The topological polar surface area (TPSA) is 113 Å². The van der Waals surface area contributed by atoms with E-state index in [0.717, 1.165) is 11.8 Å². The smallest absolute Gasteiger partial charge is 0.335 e. The van der Waals surface area contributed by atoms with Crippen molar-refractivity contribution in [1.82, 2.24) is 4.90 Å². The monoisotopic (exact) mass is 397 g/mol. The second kappa shape index (κ2) is 8.05. The number of nitro benzene ring substituents is 1. The summed E-state index contributed by atoms with van der Waals surface area (Å²) in [5, 5.41) is 20.5. The summed E-state index contributed by atoms with van der Waals surface area (Å²) in [6.45, 7) is 2.19. The molecule has 1 heterocycles. The number of non-ortho nitro benzene ring substituents is 1. The van der Waals surface area contributed by atoms with Gasteiger partial charge in [-0.15, -0.1) is 0 Å². The highest BCUT2D eigenvalue weighted by Gasteiger charge is 2.32. The van der Waals surface area contributed by atoms with Gasteiger partial charge in [-0.05, 0) is 48.5 Å². The number of rotatable bonds is 5. The highest BCUT2D eigenvalue weighted by Crippen LogP contribution is 2.34. The van der Waals surface area contributed by atoms with Crippen molar-refractivity contribution in [3.8, 4) is 0 Å². The molecular weight excluding hydrogens is 382 g/mol. The van der Waals surface area contributed by atoms with Gasteiger partial charge in [0.2, 0.25) is 0 Å². The molecule has 2 aromatic carbocycles. The minimum atomic E-state index is -1.06. The predicted molar refractivity (Wildman–Crippen MR) is 107 cm³/mol. The Morgan fingerprint density at radius 3 is 2.71 bits per heavy atom. The highest BCUT2D eigenvalue weighted by atomic mass is 32.2. The lowest BCUT2D eigenvalue weighted by atomic mass is 10.2. The molecular formula is C19H15N3O5S. The summed E-state index contributed by atoms with van der Waals surface area (Å²) in [6.07, 6.45) is 1.58. The molecule has 0 bridgehead atoms. The average Bonchev–Trinajstić information content (AvgIpc) is 2.96. The Hall–Kier alpha value is -3.46. The van der Waals surface area contributed by atoms with E-state index in [0.29, 0.717) is 27.9 Å². The van der Waals surface area contributed by atoms with Crippen molar-refractivity contribution in [2.75, 3.05) is 6.54 Å². The van der Waals surface area contributed by atoms with Gasteiger partial charge in [-0.2, -0.15) is 0 Å². The third-order valence-electron chi connectivity index (χ3n) is 3.90. The number of hydrogen-bond donors (Lipinski definition) is 1. The third kappa shape index (κ3) is 4.09. The van der Waals surface area contributed by atoms with Crippen molar-refractivity contribution in [1.29, 1.82) is 0 Å². The molecule has 0 spiro atoms. The first-order valence-electron chi connectivity index (χ1n) is 8.27. The number of thioether (sulfide) groups is 1.